The van der Waals surface area contributed by atoms with Crippen LogP contribution in [0.1, 0.15) is 24.8 Å². The molecule has 4 nitrogen and oxygen atoms in total. The first-order valence-corrected chi connectivity index (χ1v) is 4.28. The fourth-order valence-corrected chi connectivity index (χ4v) is 1.17. The molecule has 72 valence electrons. The van der Waals surface area contributed by atoms with Crippen molar-refractivity contribution in [1.29, 1.82) is 0 Å². The van der Waals surface area contributed by atoms with Crippen molar-refractivity contribution < 1.29 is 14.4 Å². The maximum Gasteiger partial charge on any atom is 0.306 e. The van der Waals surface area contributed by atoms with Crippen LogP contribution in [0, 0.1) is 12.8 Å². The quantitative estimate of drug-likeness (QED) is 0.770. The summed E-state index contributed by atoms with van der Waals surface area (Å²) in [5, 5.41) is 12.5. The maximum absolute atomic E-state index is 10.7. The number of carbonyl (C=O) groups is 1. The van der Waals surface area contributed by atoms with Crippen LogP contribution in [-0.2, 0) is 11.2 Å². The normalized spacial score (nSPS) is 12.8. The molecule has 1 heterocycles. The van der Waals surface area contributed by atoms with Gasteiger partial charge in [0.2, 0.25) is 0 Å². The average molecular weight is 183 g/mol. The SMILES string of the molecule is CCC(Cc1cc(C)on1)C(=O)O. The molecule has 0 aliphatic heterocycles. The zero-order chi connectivity index (χ0) is 9.84. The third-order valence-corrected chi connectivity index (χ3v) is 1.97. The highest BCUT2D eigenvalue weighted by molar-refractivity contribution is 5.70. The fraction of sp³-hybridized carbons (Fsp3) is 0.556. The van der Waals surface area contributed by atoms with Gasteiger partial charge in [0.05, 0.1) is 11.6 Å². The van der Waals surface area contributed by atoms with Crippen molar-refractivity contribution in [2.45, 2.75) is 26.7 Å². The Morgan fingerprint density at radius 2 is 2.46 bits per heavy atom. The second-order valence-electron chi connectivity index (χ2n) is 3.08. The number of hydrogen-bond acceptors (Lipinski definition) is 3. The van der Waals surface area contributed by atoms with Gasteiger partial charge >= 0.3 is 5.97 Å². The zero-order valence-electron chi connectivity index (χ0n) is 7.78. The predicted molar refractivity (Wildman–Crippen MR) is 46.4 cm³/mol. The van der Waals surface area contributed by atoms with Crippen LogP contribution in [0.5, 0.6) is 0 Å². The molecule has 0 amide bonds. The van der Waals surface area contributed by atoms with Crippen molar-refractivity contribution in [3.05, 3.63) is 17.5 Å². The molecule has 1 rings (SSSR count). The van der Waals surface area contributed by atoms with E-state index < -0.39 is 5.97 Å². The van der Waals surface area contributed by atoms with Crippen LogP contribution in [0.3, 0.4) is 0 Å². The summed E-state index contributed by atoms with van der Waals surface area (Å²) in [5.74, 6) is -0.414. The zero-order valence-corrected chi connectivity index (χ0v) is 7.78. The van der Waals surface area contributed by atoms with Gasteiger partial charge in [-0.25, -0.2) is 0 Å². The smallest absolute Gasteiger partial charge is 0.306 e. The predicted octanol–water partition coefficient (Wildman–Crippen LogP) is 1.64. The number of hydrogen-bond donors (Lipinski definition) is 1. The lowest BCUT2D eigenvalue weighted by atomic mass is 10.0. The molecule has 1 N–H and O–H groups in total. The van der Waals surface area contributed by atoms with Gasteiger partial charge in [-0.2, -0.15) is 0 Å². The van der Waals surface area contributed by atoms with Gasteiger partial charge in [0, 0.05) is 12.5 Å². The summed E-state index contributed by atoms with van der Waals surface area (Å²) in [6.07, 6.45) is 1.06. The second kappa shape index (κ2) is 4.07. The lowest BCUT2D eigenvalue weighted by Crippen LogP contribution is -2.15. The summed E-state index contributed by atoms with van der Waals surface area (Å²) in [7, 11) is 0. The average Bonchev–Trinajstić information content (AvgIpc) is 2.46. The van der Waals surface area contributed by atoms with E-state index in [0.29, 0.717) is 18.5 Å². The van der Waals surface area contributed by atoms with E-state index in [1.807, 2.05) is 6.92 Å². The van der Waals surface area contributed by atoms with Crippen molar-refractivity contribution in [2.24, 2.45) is 5.92 Å². The molecule has 0 aliphatic carbocycles. The van der Waals surface area contributed by atoms with Crippen LogP contribution in [0.2, 0.25) is 0 Å². The number of nitrogens with zero attached hydrogens (tertiary/aromatic N) is 1. The standard InChI is InChI=1S/C9H13NO3/c1-3-7(9(11)12)5-8-4-6(2)13-10-8/h4,7H,3,5H2,1-2H3,(H,11,12). The van der Waals surface area contributed by atoms with E-state index in [2.05, 4.69) is 5.16 Å². The van der Waals surface area contributed by atoms with E-state index in [1.165, 1.54) is 0 Å². The van der Waals surface area contributed by atoms with Gasteiger partial charge in [0.1, 0.15) is 5.76 Å². The topological polar surface area (TPSA) is 63.3 Å². The molecule has 0 bridgehead atoms. The monoisotopic (exact) mass is 183 g/mol. The third-order valence-electron chi connectivity index (χ3n) is 1.97. The number of rotatable bonds is 4. The number of aromatic nitrogens is 1. The Kier molecular flexibility index (Phi) is 3.06. The number of aryl methyl sites for hydroxylation is 1. The summed E-state index contributed by atoms with van der Waals surface area (Å²) in [5.41, 5.74) is 0.715. The van der Waals surface area contributed by atoms with Crippen LogP contribution in [0.4, 0.5) is 0 Å². The minimum Gasteiger partial charge on any atom is -0.481 e. The van der Waals surface area contributed by atoms with E-state index in [-0.39, 0.29) is 5.92 Å². The first-order valence-electron chi connectivity index (χ1n) is 4.28. The molecule has 1 atom stereocenters. The molecule has 1 aromatic rings. The molecule has 4 heteroatoms. The third kappa shape index (κ3) is 2.57. The van der Waals surface area contributed by atoms with Crippen molar-refractivity contribution in [2.75, 3.05) is 0 Å². The van der Waals surface area contributed by atoms with E-state index in [9.17, 15) is 4.79 Å². The van der Waals surface area contributed by atoms with Gasteiger partial charge in [0.15, 0.2) is 0 Å². The minimum absolute atomic E-state index is 0.357. The largest absolute Gasteiger partial charge is 0.481 e. The molecule has 0 fully saturated rings. The number of carboxylic acid groups (broad SMARTS) is 1. The van der Waals surface area contributed by atoms with Crippen molar-refractivity contribution in [1.82, 2.24) is 5.16 Å². The molecular weight excluding hydrogens is 170 g/mol. The van der Waals surface area contributed by atoms with E-state index in [1.54, 1.807) is 13.0 Å². The molecule has 1 unspecified atom stereocenters. The highest BCUT2D eigenvalue weighted by Gasteiger charge is 2.17. The van der Waals surface area contributed by atoms with Crippen molar-refractivity contribution in [3.63, 3.8) is 0 Å². The van der Waals surface area contributed by atoms with Crippen LogP contribution in [-0.4, -0.2) is 16.2 Å². The van der Waals surface area contributed by atoms with Crippen molar-refractivity contribution >= 4 is 5.97 Å². The Morgan fingerprint density at radius 1 is 1.77 bits per heavy atom. The van der Waals surface area contributed by atoms with E-state index >= 15 is 0 Å². The lowest BCUT2D eigenvalue weighted by molar-refractivity contribution is -0.141. The molecule has 1 aromatic heterocycles. The van der Waals surface area contributed by atoms with Gasteiger partial charge in [0.25, 0.3) is 0 Å². The Labute approximate surface area is 76.5 Å². The molecule has 0 saturated carbocycles. The summed E-state index contributed by atoms with van der Waals surface area (Å²) < 4.78 is 4.85. The van der Waals surface area contributed by atoms with Crippen LogP contribution in [0.15, 0.2) is 10.6 Å². The summed E-state index contributed by atoms with van der Waals surface area (Å²) in [6.45, 7) is 3.64. The number of aliphatic carboxylic acids is 1. The maximum atomic E-state index is 10.7. The van der Waals surface area contributed by atoms with Crippen LogP contribution < -0.4 is 0 Å². The fourth-order valence-electron chi connectivity index (χ4n) is 1.17. The Hall–Kier alpha value is -1.32. The highest BCUT2D eigenvalue weighted by atomic mass is 16.5. The molecule has 13 heavy (non-hydrogen) atoms. The summed E-state index contributed by atoms with van der Waals surface area (Å²) >= 11 is 0. The van der Waals surface area contributed by atoms with Gasteiger partial charge in [-0.05, 0) is 13.3 Å². The summed E-state index contributed by atoms with van der Waals surface area (Å²) in [4.78, 5) is 10.7. The van der Waals surface area contributed by atoms with Crippen LogP contribution >= 0.6 is 0 Å². The first kappa shape index (κ1) is 9.77. The first-order chi connectivity index (χ1) is 6.13. The van der Waals surface area contributed by atoms with Gasteiger partial charge in [-0.1, -0.05) is 12.1 Å². The second-order valence-corrected chi connectivity index (χ2v) is 3.08. The number of carboxylic acids is 1. The molecule has 0 aliphatic rings. The van der Waals surface area contributed by atoms with Gasteiger partial charge in [-0.3, -0.25) is 4.79 Å². The lowest BCUT2D eigenvalue weighted by Gasteiger charge is -2.05. The summed E-state index contributed by atoms with van der Waals surface area (Å²) in [6, 6.07) is 1.77. The van der Waals surface area contributed by atoms with Crippen molar-refractivity contribution in [3.8, 4) is 0 Å². The van der Waals surface area contributed by atoms with Crippen LogP contribution in [0.25, 0.3) is 0 Å². The Balaban J connectivity index is 2.61. The Bertz CT molecular complexity index is 293. The molecule has 0 saturated heterocycles. The molecule has 0 aromatic carbocycles. The van der Waals surface area contributed by atoms with E-state index in [0.717, 1.165) is 5.76 Å². The van der Waals surface area contributed by atoms with Gasteiger partial charge < -0.3 is 9.63 Å². The van der Waals surface area contributed by atoms with Gasteiger partial charge in [-0.15, -0.1) is 0 Å². The Morgan fingerprint density at radius 3 is 2.85 bits per heavy atom. The van der Waals surface area contributed by atoms with E-state index in [4.69, 9.17) is 9.63 Å². The highest BCUT2D eigenvalue weighted by Crippen LogP contribution is 2.12. The molecule has 0 spiro atoms. The molecular formula is C9H13NO3. The minimum atomic E-state index is -0.775. The molecule has 0 radical (unpaired) electrons.